The number of rotatable bonds is 4. The fraction of sp³-hybridized carbons (Fsp3) is 1.00. The molecule has 0 aromatic rings. The molecule has 0 aromatic heterocycles. The zero-order valence-electron chi connectivity index (χ0n) is 7.18. The smallest absolute Gasteiger partial charge is 0.135 e. The number of ether oxygens (including phenoxy) is 1. The molecule has 1 heterocycles. The first-order valence-corrected chi connectivity index (χ1v) is 4.42. The molecule has 1 fully saturated rings. The molecule has 1 atom stereocenters. The summed E-state index contributed by atoms with van der Waals surface area (Å²) in [6, 6.07) is 0. The SMILES string of the molecule is CCCCOC1CNCC[N]1. The summed E-state index contributed by atoms with van der Waals surface area (Å²) in [5.41, 5.74) is 0. The molecule has 1 rings (SSSR count). The van der Waals surface area contributed by atoms with E-state index < -0.39 is 0 Å². The van der Waals surface area contributed by atoms with Crippen LogP contribution in [-0.2, 0) is 4.74 Å². The van der Waals surface area contributed by atoms with E-state index in [1.165, 1.54) is 6.42 Å². The third-order valence-corrected chi connectivity index (χ3v) is 1.75. The van der Waals surface area contributed by atoms with Gasteiger partial charge in [-0.25, -0.2) is 5.32 Å². The van der Waals surface area contributed by atoms with E-state index in [9.17, 15) is 0 Å². The van der Waals surface area contributed by atoms with Crippen LogP contribution in [0.1, 0.15) is 19.8 Å². The Bertz CT molecular complexity index is 92.1. The van der Waals surface area contributed by atoms with E-state index in [2.05, 4.69) is 17.6 Å². The van der Waals surface area contributed by atoms with Gasteiger partial charge < -0.3 is 10.1 Å². The fourth-order valence-corrected chi connectivity index (χ4v) is 1.05. The molecule has 0 aromatic carbocycles. The lowest BCUT2D eigenvalue weighted by Crippen LogP contribution is -2.45. The van der Waals surface area contributed by atoms with Crippen molar-refractivity contribution in [1.82, 2.24) is 10.6 Å². The highest BCUT2D eigenvalue weighted by atomic mass is 16.5. The molecule has 0 aliphatic carbocycles. The molecule has 0 amide bonds. The van der Waals surface area contributed by atoms with Crippen LogP contribution in [0.5, 0.6) is 0 Å². The summed E-state index contributed by atoms with van der Waals surface area (Å²) >= 11 is 0. The fourth-order valence-electron chi connectivity index (χ4n) is 1.05. The van der Waals surface area contributed by atoms with Crippen molar-refractivity contribution >= 4 is 0 Å². The molecule has 1 N–H and O–H groups in total. The van der Waals surface area contributed by atoms with Crippen molar-refractivity contribution in [2.24, 2.45) is 0 Å². The molecule has 0 saturated carbocycles. The van der Waals surface area contributed by atoms with Gasteiger partial charge in [-0.05, 0) is 6.42 Å². The first kappa shape index (κ1) is 8.97. The van der Waals surface area contributed by atoms with E-state index in [1.807, 2.05) is 0 Å². The quantitative estimate of drug-likeness (QED) is 0.597. The van der Waals surface area contributed by atoms with Gasteiger partial charge in [-0.2, -0.15) is 0 Å². The molecule has 1 unspecified atom stereocenters. The minimum atomic E-state index is 0.121. The molecule has 0 spiro atoms. The molecule has 1 saturated heterocycles. The first-order chi connectivity index (χ1) is 5.43. The molecule has 65 valence electrons. The average molecular weight is 157 g/mol. The number of hydrogen-bond donors (Lipinski definition) is 1. The number of nitrogens with zero attached hydrogens (tertiary/aromatic N) is 1. The predicted molar refractivity (Wildman–Crippen MR) is 44.5 cm³/mol. The molecular formula is C8H17N2O. The predicted octanol–water partition coefficient (Wildman–Crippen LogP) is 0.337. The van der Waals surface area contributed by atoms with Crippen LogP contribution in [-0.4, -0.2) is 32.5 Å². The normalized spacial score (nSPS) is 25.4. The maximum Gasteiger partial charge on any atom is 0.135 e. The van der Waals surface area contributed by atoms with Gasteiger partial charge in [0.2, 0.25) is 0 Å². The molecule has 1 aliphatic heterocycles. The van der Waals surface area contributed by atoms with Gasteiger partial charge in [0.1, 0.15) is 6.23 Å². The molecule has 11 heavy (non-hydrogen) atoms. The highest BCUT2D eigenvalue weighted by molar-refractivity contribution is 4.66. The van der Waals surface area contributed by atoms with Crippen molar-refractivity contribution in [3.63, 3.8) is 0 Å². The zero-order chi connectivity index (χ0) is 7.94. The number of unbranched alkanes of at least 4 members (excludes halogenated alkanes) is 1. The second-order valence-corrected chi connectivity index (χ2v) is 2.79. The van der Waals surface area contributed by atoms with E-state index in [0.717, 1.165) is 32.7 Å². The Balaban J connectivity index is 1.96. The van der Waals surface area contributed by atoms with Gasteiger partial charge in [0.05, 0.1) is 0 Å². The summed E-state index contributed by atoms with van der Waals surface area (Å²) in [5.74, 6) is 0. The van der Waals surface area contributed by atoms with Gasteiger partial charge in [-0.15, -0.1) is 0 Å². The van der Waals surface area contributed by atoms with Crippen LogP contribution in [0.3, 0.4) is 0 Å². The van der Waals surface area contributed by atoms with Gasteiger partial charge in [0.15, 0.2) is 0 Å². The Morgan fingerprint density at radius 1 is 1.64 bits per heavy atom. The third-order valence-electron chi connectivity index (χ3n) is 1.75. The van der Waals surface area contributed by atoms with Crippen molar-refractivity contribution < 1.29 is 4.74 Å². The highest BCUT2D eigenvalue weighted by Gasteiger charge is 2.12. The monoisotopic (exact) mass is 157 g/mol. The summed E-state index contributed by atoms with van der Waals surface area (Å²) in [6.45, 7) is 5.82. The van der Waals surface area contributed by atoms with E-state index in [1.54, 1.807) is 0 Å². The van der Waals surface area contributed by atoms with Crippen molar-refractivity contribution in [1.29, 1.82) is 0 Å². The highest BCUT2D eigenvalue weighted by Crippen LogP contribution is 1.95. The van der Waals surface area contributed by atoms with Crippen LogP contribution in [0.2, 0.25) is 0 Å². The van der Waals surface area contributed by atoms with Crippen molar-refractivity contribution in [3.8, 4) is 0 Å². The third kappa shape index (κ3) is 3.70. The second-order valence-electron chi connectivity index (χ2n) is 2.79. The summed E-state index contributed by atoms with van der Waals surface area (Å²) < 4.78 is 5.49. The first-order valence-electron chi connectivity index (χ1n) is 4.42. The van der Waals surface area contributed by atoms with E-state index in [4.69, 9.17) is 4.74 Å². The standard InChI is InChI=1S/C8H17N2O/c1-2-3-6-11-8-7-9-4-5-10-8/h8-9H,2-7H2,1H3. The van der Waals surface area contributed by atoms with Crippen LogP contribution in [0.15, 0.2) is 0 Å². The Morgan fingerprint density at radius 2 is 2.55 bits per heavy atom. The second kappa shape index (κ2) is 5.52. The Labute approximate surface area is 68.5 Å². The van der Waals surface area contributed by atoms with Gasteiger partial charge in [-0.3, -0.25) is 0 Å². The van der Waals surface area contributed by atoms with Crippen LogP contribution in [0, 0.1) is 0 Å². The van der Waals surface area contributed by atoms with Gasteiger partial charge in [-0.1, -0.05) is 13.3 Å². The molecule has 3 heteroatoms. The maximum atomic E-state index is 5.49. The van der Waals surface area contributed by atoms with Crippen molar-refractivity contribution in [2.45, 2.75) is 26.0 Å². The lowest BCUT2D eigenvalue weighted by Gasteiger charge is -2.22. The van der Waals surface area contributed by atoms with Gasteiger partial charge >= 0.3 is 0 Å². The minimum Gasteiger partial charge on any atom is -0.361 e. The zero-order valence-corrected chi connectivity index (χ0v) is 7.18. The van der Waals surface area contributed by atoms with Crippen LogP contribution >= 0.6 is 0 Å². The van der Waals surface area contributed by atoms with E-state index in [0.29, 0.717) is 0 Å². The lowest BCUT2D eigenvalue weighted by atomic mass is 10.3. The topological polar surface area (TPSA) is 35.4 Å². The molecule has 1 radical (unpaired) electrons. The van der Waals surface area contributed by atoms with E-state index in [-0.39, 0.29) is 6.23 Å². The molecular weight excluding hydrogens is 140 g/mol. The summed E-state index contributed by atoms with van der Waals surface area (Å²) in [7, 11) is 0. The Hall–Kier alpha value is -0.120. The number of hydrogen-bond acceptors (Lipinski definition) is 2. The number of nitrogens with one attached hydrogen (secondary N) is 1. The maximum absolute atomic E-state index is 5.49. The Morgan fingerprint density at radius 3 is 3.18 bits per heavy atom. The number of piperazine rings is 1. The van der Waals surface area contributed by atoms with Gasteiger partial charge in [0.25, 0.3) is 0 Å². The van der Waals surface area contributed by atoms with Gasteiger partial charge in [0, 0.05) is 26.2 Å². The average Bonchev–Trinajstić information content (AvgIpc) is 2.07. The van der Waals surface area contributed by atoms with Crippen molar-refractivity contribution in [2.75, 3.05) is 26.2 Å². The lowest BCUT2D eigenvalue weighted by molar-refractivity contribution is 0.0169. The molecule has 3 nitrogen and oxygen atoms in total. The van der Waals surface area contributed by atoms with E-state index >= 15 is 0 Å². The summed E-state index contributed by atoms with van der Waals surface area (Å²) in [6.07, 6.45) is 2.46. The molecule has 1 aliphatic rings. The summed E-state index contributed by atoms with van der Waals surface area (Å²) in [5, 5.41) is 7.56. The Kier molecular flexibility index (Phi) is 4.50. The van der Waals surface area contributed by atoms with Crippen LogP contribution in [0.4, 0.5) is 0 Å². The summed E-state index contributed by atoms with van der Waals surface area (Å²) in [4.78, 5) is 0. The minimum absolute atomic E-state index is 0.121. The van der Waals surface area contributed by atoms with Crippen LogP contribution in [0.25, 0.3) is 0 Å². The largest absolute Gasteiger partial charge is 0.361 e. The van der Waals surface area contributed by atoms with Crippen LogP contribution < -0.4 is 10.6 Å². The van der Waals surface area contributed by atoms with Crippen molar-refractivity contribution in [3.05, 3.63) is 0 Å². The molecule has 0 bridgehead atoms.